The first-order chi connectivity index (χ1) is 8.65. The minimum Gasteiger partial charge on any atom is -0.378 e. The van der Waals surface area contributed by atoms with Crippen LogP contribution in [0.3, 0.4) is 0 Å². The maximum absolute atomic E-state index is 4.19. The van der Waals surface area contributed by atoms with Gasteiger partial charge in [0, 0.05) is 25.5 Å². The second-order valence-electron chi connectivity index (χ2n) is 4.40. The van der Waals surface area contributed by atoms with Gasteiger partial charge in [0.1, 0.15) is 6.33 Å². The highest BCUT2D eigenvalue weighted by Gasteiger charge is 1.94. The molecule has 0 amide bonds. The molecule has 0 radical (unpaired) electrons. The summed E-state index contributed by atoms with van der Waals surface area (Å²) in [7, 11) is 4.07. The summed E-state index contributed by atoms with van der Waals surface area (Å²) in [5, 5.41) is 0. The van der Waals surface area contributed by atoms with Gasteiger partial charge in [-0.1, -0.05) is 18.2 Å². The topological polar surface area (TPSA) is 29.0 Å². The Kier molecular flexibility index (Phi) is 3.72. The van der Waals surface area contributed by atoms with Crippen molar-refractivity contribution in [2.24, 2.45) is 0 Å². The smallest absolute Gasteiger partial charge is 0.116 e. The summed E-state index contributed by atoms with van der Waals surface area (Å²) in [5.41, 5.74) is 4.27. The van der Waals surface area contributed by atoms with Crippen molar-refractivity contribution < 1.29 is 0 Å². The Balaban J connectivity index is 2.14. The van der Waals surface area contributed by atoms with Crippen molar-refractivity contribution in [2.75, 3.05) is 19.0 Å². The third-order valence-corrected chi connectivity index (χ3v) is 2.68. The van der Waals surface area contributed by atoms with Gasteiger partial charge in [-0.15, -0.1) is 0 Å². The SMILES string of the molecule is Cc1cc(/C=C/c2ccc(N(C)C)cc2)ncn1. The predicted molar refractivity (Wildman–Crippen MR) is 76.5 cm³/mol. The fraction of sp³-hybridized carbons (Fsp3) is 0.200. The van der Waals surface area contributed by atoms with Gasteiger partial charge in [0.15, 0.2) is 0 Å². The van der Waals surface area contributed by atoms with Gasteiger partial charge in [0.25, 0.3) is 0 Å². The molecule has 0 bridgehead atoms. The number of aromatic nitrogens is 2. The first-order valence-corrected chi connectivity index (χ1v) is 5.89. The summed E-state index contributed by atoms with van der Waals surface area (Å²) < 4.78 is 0. The molecule has 0 saturated carbocycles. The number of rotatable bonds is 3. The van der Waals surface area contributed by atoms with Crippen LogP contribution in [0.25, 0.3) is 12.2 Å². The van der Waals surface area contributed by atoms with Crippen LogP contribution in [0.15, 0.2) is 36.7 Å². The Morgan fingerprint density at radius 2 is 1.72 bits per heavy atom. The number of benzene rings is 1. The number of hydrogen-bond donors (Lipinski definition) is 0. The molecule has 92 valence electrons. The van der Waals surface area contributed by atoms with Crippen molar-refractivity contribution in [3.8, 4) is 0 Å². The van der Waals surface area contributed by atoms with Gasteiger partial charge in [-0.2, -0.15) is 0 Å². The van der Waals surface area contributed by atoms with Crippen LogP contribution in [-0.2, 0) is 0 Å². The molecule has 3 nitrogen and oxygen atoms in total. The zero-order valence-corrected chi connectivity index (χ0v) is 11.0. The molecule has 0 saturated heterocycles. The van der Waals surface area contributed by atoms with Crippen molar-refractivity contribution in [3.05, 3.63) is 53.6 Å². The molecule has 0 fully saturated rings. The lowest BCUT2D eigenvalue weighted by atomic mass is 10.1. The van der Waals surface area contributed by atoms with Crippen molar-refractivity contribution in [1.82, 2.24) is 9.97 Å². The molecule has 0 unspecified atom stereocenters. The summed E-state index contributed by atoms with van der Waals surface area (Å²) in [4.78, 5) is 10.4. The molecular formula is C15H17N3. The lowest BCUT2D eigenvalue weighted by molar-refractivity contribution is 1.09. The third kappa shape index (κ3) is 3.17. The van der Waals surface area contributed by atoms with Gasteiger partial charge in [0.2, 0.25) is 0 Å². The zero-order valence-electron chi connectivity index (χ0n) is 11.0. The van der Waals surface area contributed by atoms with Crippen LogP contribution in [0.4, 0.5) is 5.69 Å². The van der Waals surface area contributed by atoms with Gasteiger partial charge in [-0.05, 0) is 36.8 Å². The predicted octanol–water partition coefficient (Wildman–Crippen LogP) is 3.02. The van der Waals surface area contributed by atoms with E-state index in [1.165, 1.54) is 5.69 Å². The van der Waals surface area contributed by atoms with Crippen molar-refractivity contribution in [3.63, 3.8) is 0 Å². The first-order valence-electron chi connectivity index (χ1n) is 5.89. The molecule has 0 aliphatic heterocycles. The normalized spacial score (nSPS) is 10.8. The van der Waals surface area contributed by atoms with E-state index in [0.717, 1.165) is 17.0 Å². The maximum Gasteiger partial charge on any atom is 0.116 e. The molecule has 1 heterocycles. The van der Waals surface area contributed by atoms with Crippen LogP contribution >= 0.6 is 0 Å². The van der Waals surface area contributed by atoms with E-state index in [0.29, 0.717) is 0 Å². The molecule has 0 aliphatic carbocycles. The monoisotopic (exact) mass is 239 g/mol. The second kappa shape index (κ2) is 5.45. The van der Waals surface area contributed by atoms with Gasteiger partial charge < -0.3 is 4.90 Å². The molecule has 0 spiro atoms. The Hall–Kier alpha value is -2.16. The standard InChI is InChI=1S/C15H17N3/c1-12-10-14(17-11-16-12)7-4-13-5-8-15(9-6-13)18(2)3/h4-11H,1-3H3/b7-4+. The van der Waals surface area contributed by atoms with E-state index in [2.05, 4.69) is 45.2 Å². The Morgan fingerprint density at radius 3 is 2.33 bits per heavy atom. The third-order valence-electron chi connectivity index (χ3n) is 2.68. The lowest BCUT2D eigenvalue weighted by Crippen LogP contribution is -2.07. The van der Waals surface area contributed by atoms with Crippen molar-refractivity contribution >= 4 is 17.8 Å². The summed E-state index contributed by atoms with van der Waals surface area (Å²) in [6.45, 7) is 1.96. The molecule has 3 heteroatoms. The molecule has 0 atom stereocenters. The molecule has 2 aromatic rings. The molecule has 0 aliphatic rings. The molecule has 1 aromatic heterocycles. The van der Waals surface area contributed by atoms with E-state index < -0.39 is 0 Å². The zero-order chi connectivity index (χ0) is 13.0. The summed E-state index contributed by atoms with van der Waals surface area (Å²) in [6.07, 6.45) is 5.64. The minimum absolute atomic E-state index is 0.930. The van der Waals surface area contributed by atoms with E-state index in [4.69, 9.17) is 0 Å². The fourth-order valence-corrected chi connectivity index (χ4v) is 1.63. The second-order valence-corrected chi connectivity index (χ2v) is 4.40. The highest BCUT2D eigenvalue weighted by Crippen LogP contribution is 2.14. The van der Waals surface area contributed by atoms with E-state index >= 15 is 0 Å². The van der Waals surface area contributed by atoms with Crippen LogP contribution in [0.2, 0.25) is 0 Å². The van der Waals surface area contributed by atoms with Crippen molar-refractivity contribution in [2.45, 2.75) is 6.92 Å². The molecule has 2 rings (SSSR count). The van der Waals surface area contributed by atoms with E-state index in [-0.39, 0.29) is 0 Å². The van der Waals surface area contributed by atoms with E-state index in [1.807, 2.05) is 33.2 Å². The summed E-state index contributed by atoms with van der Waals surface area (Å²) in [6, 6.07) is 10.4. The van der Waals surface area contributed by atoms with Crippen LogP contribution < -0.4 is 4.90 Å². The molecule has 1 aromatic carbocycles. The molecule has 18 heavy (non-hydrogen) atoms. The first kappa shape index (κ1) is 12.3. The van der Waals surface area contributed by atoms with E-state index in [1.54, 1.807) is 6.33 Å². The van der Waals surface area contributed by atoms with Gasteiger partial charge in [-0.25, -0.2) is 9.97 Å². The number of aryl methyl sites for hydroxylation is 1. The highest BCUT2D eigenvalue weighted by molar-refractivity contribution is 5.69. The highest BCUT2D eigenvalue weighted by atomic mass is 15.1. The summed E-state index contributed by atoms with van der Waals surface area (Å²) in [5.74, 6) is 0. The summed E-state index contributed by atoms with van der Waals surface area (Å²) >= 11 is 0. The maximum atomic E-state index is 4.19. The Labute approximate surface area is 108 Å². The van der Waals surface area contributed by atoms with Gasteiger partial charge >= 0.3 is 0 Å². The number of nitrogens with zero attached hydrogens (tertiary/aromatic N) is 3. The van der Waals surface area contributed by atoms with Crippen molar-refractivity contribution in [1.29, 1.82) is 0 Å². The van der Waals surface area contributed by atoms with E-state index in [9.17, 15) is 0 Å². The van der Waals surface area contributed by atoms with Crippen LogP contribution in [0.5, 0.6) is 0 Å². The van der Waals surface area contributed by atoms with Gasteiger partial charge in [-0.3, -0.25) is 0 Å². The average molecular weight is 239 g/mol. The lowest BCUT2D eigenvalue weighted by Gasteiger charge is -2.11. The van der Waals surface area contributed by atoms with Gasteiger partial charge in [0.05, 0.1) is 5.69 Å². The average Bonchev–Trinajstić information content (AvgIpc) is 2.37. The largest absolute Gasteiger partial charge is 0.378 e. The van der Waals surface area contributed by atoms with Crippen LogP contribution in [0.1, 0.15) is 17.0 Å². The molecular weight excluding hydrogens is 222 g/mol. The number of hydrogen-bond acceptors (Lipinski definition) is 3. The molecule has 0 N–H and O–H groups in total. The van der Waals surface area contributed by atoms with Crippen LogP contribution in [0, 0.1) is 6.92 Å². The fourth-order valence-electron chi connectivity index (χ4n) is 1.63. The Morgan fingerprint density at radius 1 is 1.00 bits per heavy atom. The van der Waals surface area contributed by atoms with Crippen LogP contribution in [-0.4, -0.2) is 24.1 Å². The Bertz CT molecular complexity index is 542. The minimum atomic E-state index is 0.930. The quantitative estimate of drug-likeness (QED) is 0.824. The number of anilines is 1.